The molecule has 1 fully saturated rings. The van der Waals surface area contributed by atoms with E-state index in [1.807, 2.05) is 10.9 Å². The zero-order valence-corrected chi connectivity index (χ0v) is 13.8. The van der Waals surface area contributed by atoms with E-state index in [2.05, 4.69) is 47.8 Å². The Morgan fingerprint density at radius 1 is 1.30 bits per heavy atom. The van der Waals surface area contributed by atoms with Gasteiger partial charge in [0.15, 0.2) is 0 Å². The number of aromatic nitrogens is 2. The molecule has 0 bridgehead atoms. The van der Waals surface area contributed by atoms with Crippen molar-refractivity contribution in [3.05, 3.63) is 53.3 Å². The fraction of sp³-hybridized carbons (Fsp3) is 0.526. The first-order valence-electron chi connectivity index (χ1n) is 8.65. The van der Waals surface area contributed by atoms with Gasteiger partial charge in [-0.15, -0.1) is 0 Å². The van der Waals surface area contributed by atoms with Crippen molar-refractivity contribution in [3.63, 3.8) is 0 Å². The lowest BCUT2D eigenvalue weighted by molar-refractivity contribution is -0.000000627. The Balaban J connectivity index is 1.50. The second-order valence-electron chi connectivity index (χ2n) is 7.02. The van der Waals surface area contributed by atoms with Crippen LogP contribution >= 0.6 is 0 Å². The standard InChI is InChI=1S/C19H25N3O/c1-15-13-21-22(14-15)9-8-20-18-17-5-3-2-4-16(17)12-19(18)6-10-23-11-7-19/h2-5,13-14,18,20H,6-12H2,1H3. The largest absolute Gasteiger partial charge is 0.381 e. The number of hydrogen-bond donors (Lipinski definition) is 1. The molecule has 1 aromatic carbocycles. The van der Waals surface area contributed by atoms with E-state index in [0.717, 1.165) is 39.1 Å². The number of rotatable bonds is 4. The number of aryl methyl sites for hydroxylation is 1. The highest BCUT2D eigenvalue weighted by atomic mass is 16.5. The van der Waals surface area contributed by atoms with E-state index in [-0.39, 0.29) is 0 Å². The van der Waals surface area contributed by atoms with Gasteiger partial charge >= 0.3 is 0 Å². The van der Waals surface area contributed by atoms with Gasteiger partial charge in [-0.05, 0) is 48.3 Å². The molecule has 23 heavy (non-hydrogen) atoms. The topological polar surface area (TPSA) is 39.1 Å². The molecule has 1 saturated heterocycles. The molecule has 2 aliphatic rings. The maximum absolute atomic E-state index is 5.64. The van der Waals surface area contributed by atoms with Crippen LogP contribution in [-0.4, -0.2) is 29.5 Å². The van der Waals surface area contributed by atoms with E-state index in [0.29, 0.717) is 11.5 Å². The molecule has 0 amide bonds. The van der Waals surface area contributed by atoms with Gasteiger partial charge in [0.2, 0.25) is 0 Å². The summed E-state index contributed by atoms with van der Waals surface area (Å²) in [5.41, 5.74) is 4.56. The van der Waals surface area contributed by atoms with Gasteiger partial charge in [-0.1, -0.05) is 24.3 Å². The average Bonchev–Trinajstić information content (AvgIpc) is 3.10. The summed E-state index contributed by atoms with van der Waals surface area (Å²) < 4.78 is 7.67. The predicted octanol–water partition coefficient (Wildman–Crippen LogP) is 2.88. The van der Waals surface area contributed by atoms with Gasteiger partial charge in [-0.2, -0.15) is 5.10 Å². The third-order valence-electron chi connectivity index (χ3n) is 5.46. The Hall–Kier alpha value is -1.65. The van der Waals surface area contributed by atoms with Crippen molar-refractivity contribution in [2.75, 3.05) is 19.8 Å². The molecule has 1 aliphatic heterocycles. The Morgan fingerprint density at radius 3 is 2.91 bits per heavy atom. The molecule has 1 aliphatic carbocycles. The second kappa shape index (κ2) is 6.10. The third kappa shape index (κ3) is 2.81. The number of nitrogens with one attached hydrogen (secondary N) is 1. The molecule has 0 radical (unpaired) electrons. The third-order valence-corrected chi connectivity index (χ3v) is 5.46. The summed E-state index contributed by atoms with van der Waals surface area (Å²) in [5.74, 6) is 0. The van der Waals surface area contributed by atoms with Gasteiger partial charge in [0.1, 0.15) is 0 Å². The predicted molar refractivity (Wildman–Crippen MR) is 90.3 cm³/mol. The number of fused-ring (bicyclic) bond motifs is 1. The van der Waals surface area contributed by atoms with E-state index >= 15 is 0 Å². The van der Waals surface area contributed by atoms with Crippen molar-refractivity contribution in [3.8, 4) is 0 Å². The van der Waals surface area contributed by atoms with Gasteiger partial charge in [-0.3, -0.25) is 4.68 Å². The summed E-state index contributed by atoms with van der Waals surface area (Å²) in [7, 11) is 0. The van der Waals surface area contributed by atoms with E-state index < -0.39 is 0 Å². The van der Waals surface area contributed by atoms with Crippen LogP contribution in [0.25, 0.3) is 0 Å². The maximum atomic E-state index is 5.64. The van der Waals surface area contributed by atoms with Crippen molar-refractivity contribution in [2.24, 2.45) is 5.41 Å². The molecule has 0 saturated carbocycles. The normalized spacial score (nSPS) is 22.4. The molecule has 4 nitrogen and oxygen atoms in total. The highest BCUT2D eigenvalue weighted by molar-refractivity contribution is 5.38. The minimum atomic E-state index is 0.335. The molecule has 1 unspecified atom stereocenters. The van der Waals surface area contributed by atoms with E-state index in [1.54, 1.807) is 0 Å². The van der Waals surface area contributed by atoms with Crippen LogP contribution in [0.3, 0.4) is 0 Å². The lowest BCUT2D eigenvalue weighted by atomic mass is 9.74. The Labute approximate surface area is 137 Å². The Morgan fingerprint density at radius 2 is 2.13 bits per heavy atom. The highest BCUT2D eigenvalue weighted by Crippen LogP contribution is 2.51. The molecule has 4 rings (SSSR count). The Kier molecular flexibility index (Phi) is 3.95. The summed E-state index contributed by atoms with van der Waals surface area (Å²) in [6.45, 7) is 5.73. The molecular weight excluding hydrogens is 286 g/mol. The molecule has 122 valence electrons. The van der Waals surface area contributed by atoms with Crippen molar-refractivity contribution in [1.82, 2.24) is 15.1 Å². The van der Waals surface area contributed by atoms with Gasteiger partial charge in [0.05, 0.1) is 12.7 Å². The Bertz CT molecular complexity index is 673. The van der Waals surface area contributed by atoms with E-state index in [4.69, 9.17) is 4.74 Å². The van der Waals surface area contributed by atoms with Crippen LogP contribution in [0.4, 0.5) is 0 Å². The molecule has 2 aromatic rings. The van der Waals surface area contributed by atoms with Crippen LogP contribution in [-0.2, 0) is 17.7 Å². The molecule has 4 heteroatoms. The SMILES string of the molecule is Cc1cnn(CCNC2c3ccccc3CC23CCOCC3)c1. The van der Waals surface area contributed by atoms with Crippen LogP contribution in [0.15, 0.2) is 36.7 Å². The fourth-order valence-electron chi connectivity index (χ4n) is 4.27. The number of ether oxygens (including phenoxy) is 1. The molecule has 1 N–H and O–H groups in total. The maximum Gasteiger partial charge on any atom is 0.0534 e. The molecule has 2 heterocycles. The van der Waals surface area contributed by atoms with Crippen molar-refractivity contribution < 1.29 is 4.74 Å². The zero-order chi connectivity index (χ0) is 15.7. The summed E-state index contributed by atoms with van der Waals surface area (Å²) >= 11 is 0. The first-order valence-corrected chi connectivity index (χ1v) is 8.65. The first-order chi connectivity index (χ1) is 11.3. The van der Waals surface area contributed by atoms with Gasteiger partial charge in [0.25, 0.3) is 0 Å². The van der Waals surface area contributed by atoms with E-state index in [9.17, 15) is 0 Å². The van der Waals surface area contributed by atoms with Crippen LogP contribution in [0, 0.1) is 12.3 Å². The van der Waals surface area contributed by atoms with Crippen LogP contribution < -0.4 is 5.32 Å². The molecule has 1 atom stereocenters. The van der Waals surface area contributed by atoms with Crippen molar-refractivity contribution in [2.45, 2.75) is 38.8 Å². The molecular formula is C19H25N3O. The summed E-state index contributed by atoms with van der Waals surface area (Å²) in [4.78, 5) is 0. The van der Waals surface area contributed by atoms with Gasteiger partial charge in [-0.25, -0.2) is 0 Å². The van der Waals surface area contributed by atoms with Crippen LogP contribution in [0.1, 0.15) is 35.6 Å². The summed E-state index contributed by atoms with van der Waals surface area (Å²) in [5, 5.41) is 8.22. The van der Waals surface area contributed by atoms with Crippen molar-refractivity contribution in [1.29, 1.82) is 0 Å². The minimum absolute atomic E-state index is 0.335. The van der Waals surface area contributed by atoms with Gasteiger partial charge < -0.3 is 10.1 Å². The second-order valence-corrected chi connectivity index (χ2v) is 7.02. The lowest BCUT2D eigenvalue weighted by Gasteiger charge is -2.39. The molecule has 1 aromatic heterocycles. The lowest BCUT2D eigenvalue weighted by Crippen LogP contribution is -2.41. The highest BCUT2D eigenvalue weighted by Gasteiger charge is 2.46. The number of benzene rings is 1. The summed E-state index contributed by atoms with van der Waals surface area (Å²) in [6, 6.07) is 9.38. The van der Waals surface area contributed by atoms with Crippen LogP contribution in [0.2, 0.25) is 0 Å². The van der Waals surface area contributed by atoms with Gasteiger partial charge in [0, 0.05) is 32.0 Å². The zero-order valence-electron chi connectivity index (χ0n) is 13.8. The van der Waals surface area contributed by atoms with E-state index in [1.165, 1.54) is 23.1 Å². The smallest absolute Gasteiger partial charge is 0.0534 e. The average molecular weight is 311 g/mol. The monoisotopic (exact) mass is 311 g/mol. The van der Waals surface area contributed by atoms with Crippen molar-refractivity contribution >= 4 is 0 Å². The quantitative estimate of drug-likeness (QED) is 0.943. The minimum Gasteiger partial charge on any atom is -0.381 e. The van der Waals surface area contributed by atoms with Crippen LogP contribution in [0.5, 0.6) is 0 Å². The molecule has 1 spiro atoms. The first kappa shape index (κ1) is 14.9. The number of hydrogen-bond acceptors (Lipinski definition) is 3. The summed E-state index contributed by atoms with van der Waals surface area (Å²) in [6.07, 6.45) is 7.52. The fourth-order valence-corrected chi connectivity index (χ4v) is 4.27. The number of nitrogens with zero attached hydrogens (tertiary/aromatic N) is 2.